The molecule has 3 rings (SSSR count). The molecule has 0 saturated heterocycles. The zero-order valence-corrected chi connectivity index (χ0v) is 15.0. The van der Waals surface area contributed by atoms with Gasteiger partial charge in [-0.25, -0.2) is 0 Å². The van der Waals surface area contributed by atoms with Crippen molar-refractivity contribution in [2.24, 2.45) is 12.8 Å². The quantitative estimate of drug-likeness (QED) is 0.652. The van der Waals surface area contributed by atoms with Gasteiger partial charge in [-0.15, -0.1) is 0 Å². The Kier molecular flexibility index (Phi) is 5.18. The van der Waals surface area contributed by atoms with Crippen LogP contribution in [0.15, 0.2) is 47.5 Å². The van der Waals surface area contributed by atoms with Gasteiger partial charge in [0.2, 0.25) is 5.91 Å². The van der Waals surface area contributed by atoms with E-state index in [4.69, 9.17) is 5.73 Å². The number of nitrogens with one attached hydrogen (secondary N) is 1. The van der Waals surface area contributed by atoms with Crippen molar-refractivity contribution in [1.29, 1.82) is 0 Å². The van der Waals surface area contributed by atoms with Crippen molar-refractivity contribution in [2.75, 3.05) is 6.54 Å². The van der Waals surface area contributed by atoms with Crippen LogP contribution in [-0.2, 0) is 18.4 Å². The lowest BCUT2D eigenvalue weighted by Gasteiger charge is -2.12. The average Bonchev–Trinajstić information content (AvgIpc) is 2.98. The summed E-state index contributed by atoms with van der Waals surface area (Å²) >= 11 is 0. The van der Waals surface area contributed by atoms with Gasteiger partial charge in [0.05, 0.1) is 5.69 Å². The summed E-state index contributed by atoms with van der Waals surface area (Å²) in [6.45, 7) is 2.81. The van der Waals surface area contributed by atoms with E-state index in [2.05, 4.69) is 10.4 Å². The van der Waals surface area contributed by atoms with E-state index in [1.54, 1.807) is 28.7 Å². The van der Waals surface area contributed by atoms with E-state index in [0.29, 0.717) is 24.9 Å². The first-order valence-corrected chi connectivity index (χ1v) is 8.59. The van der Waals surface area contributed by atoms with Crippen molar-refractivity contribution in [2.45, 2.75) is 25.9 Å². The van der Waals surface area contributed by atoms with E-state index in [1.165, 1.54) is 0 Å². The summed E-state index contributed by atoms with van der Waals surface area (Å²) in [6, 6.07) is 8.70. The predicted molar refractivity (Wildman–Crippen MR) is 101 cm³/mol. The van der Waals surface area contributed by atoms with Crippen LogP contribution in [0.25, 0.3) is 10.8 Å². The Morgan fingerprint density at radius 3 is 2.81 bits per heavy atom. The standard InChI is InChI=1S/C19H23N5O2/c1-13-16(12-23(2)22-13)17(20)18(25)21-9-5-10-24-11-8-14-6-3-4-7-15(14)19(24)26/h3-4,6-8,11-12,17H,5,9-10,20H2,1-2H3,(H,21,25). The molecule has 0 spiro atoms. The molecule has 0 bridgehead atoms. The first-order chi connectivity index (χ1) is 12.5. The van der Waals surface area contributed by atoms with Crippen LogP contribution in [0.2, 0.25) is 0 Å². The van der Waals surface area contributed by atoms with Crippen molar-refractivity contribution >= 4 is 16.7 Å². The number of benzene rings is 1. The molecular weight excluding hydrogens is 330 g/mol. The van der Waals surface area contributed by atoms with Crippen molar-refractivity contribution < 1.29 is 4.79 Å². The van der Waals surface area contributed by atoms with Gasteiger partial charge in [0.15, 0.2) is 0 Å². The molecule has 0 aliphatic heterocycles. The number of aryl methyl sites for hydroxylation is 3. The first kappa shape index (κ1) is 17.9. The molecule has 1 atom stereocenters. The lowest BCUT2D eigenvalue weighted by atomic mass is 10.1. The van der Waals surface area contributed by atoms with Crippen LogP contribution in [-0.4, -0.2) is 26.8 Å². The third-order valence-electron chi connectivity index (χ3n) is 4.43. The minimum absolute atomic E-state index is 0.0166. The molecule has 0 fully saturated rings. The minimum Gasteiger partial charge on any atom is -0.354 e. The fraction of sp³-hybridized carbons (Fsp3) is 0.316. The highest BCUT2D eigenvalue weighted by Gasteiger charge is 2.19. The van der Waals surface area contributed by atoms with Crippen molar-refractivity contribution in [1.82, 2.24) is 19.7 Å². The van der Waals surface area contributed by atoms with E-state index in [1.807, 2.05) is 37.3 Å². The molecule has 26 heavy (non-hydrogen) atoms. The molecule has 0 saturated carbocycles. The lowest BCUT2D eigenvalue weighted by Crippen LogP contribution is -2.35. The second-order valence-corrected chi connectivity index (χ2v) is 6.37. The van der Waals surface area contributed by atoms with Crippen molar-refractivity contribution in [3.63, 3.8) is 0 Å². The minimum atomic E-state index is -0.743. The Labute approximate surface area is 151 Å². The van der Waals surface area contributed by atoms with Gasteiger partial charge in [0.25, 0.3) is 5.56 Å². The van der Waals surface area contributed by atoms with Crippen LogP contribution in [0.5, 0.6) is 0 Å². The van der Waals surface area contributed by atoms with Gasteiger partial charge in [-0.3, -0.25) is 14.3 Å². The predicted octanol–water partition coefficient (Wildman–Crippen LogP) is 1.25. The monoisotopic (exact) mass is 353 g/mol. The van der Waals surface area contributed by atoms with Crippen molar-refractivity contribution in [3.05, 3.63) is 64.3 Å². The van der Waals surface area contributed by atoms with Gasteiger partial charge in [-0.2, -0.15) is 5.10 Å². The molecule has 7 nitrogen and oxygen atoms in total. The second-order valence-electron chi connectivity index (χ2n) is 6.37. The zero-order chi connectivity index (χ0) is 18.7. The molecule has 3 aromatic rings. The third-order valence-corrected chi connectivity index (χ3v) is 4.43. The smallest absolute Gasteiger partial charge is 0.258 e. The number of aromatic nitrogens is 3. The Morgan fingerprint density at radius 1 is 1.31 bits per heavy atom. The van der Waals surface area contributed by atoms with Crippen LogP contribution in [0.1, 0.15) is 23.7 Å². The molecule has 3 N–H and O–H groups in total. The summed E-state index contributed by atoms with van der Waals surface area (Å²) in [5.41, 5.74) is 7.46. The molecule has 136 valence electrons. The largest absolute Gasteiger partial charge is 0.354 e. The first-order valence-electron chi connectivity index (χ1n) is 8.59. The van der Waals surface area contributed by atoms with Crippen molar-refractivity contribution in [3.8, 4) is 0 Å². The molecule has 1 amide bonds. The zero-order valence-electron chi connectivity index (χ0n) is 15.0. The summed E-state index contributed by atoms with van der Waals surface area (Å²) in [5.74, 6) is -0.244. The summed E-state index contributed by atoms with van der Waals surface area (Å²) in [4.78, 5) is 24.7. The van der Waals surface area contributed by atoms with E-state index >= 15 is 0 Å². The fourth-order valence-electron chi connectivity index (χ4n) is 3.04. The number of hydrogen-bond acceptors (Lipinski definition) is 4. The van der Waals surface area contributed by atoms with Gasteiger partial charge in [0.1, 0.15) is 6.04 Å². The van der Waals surface area contributed by atoms with E-state index in [-0.39, 0.29) is 11.5 Å². The SMILES string of the molecule is Cc1nn(C)cc1C(N)C(=O)NCCCn1ccc2ccccc2c1=O. The van der Waals surface area contributed by atoms with E-state index < -0.39 is 6.04 Å². The van der Waals surface area contributed by atoms with Gasteiger partial charge in [-0.05, 0) is 30.9 Å². The molecule has 7 heteroatoms. The highest BCUT2D eigenvalue weighted by Crippen LogP contribution is 2.13. The third kappa shape index (κ3) is 3.67. The van der Waals surface area contributed by atoms with Crippen LogP contribution < -0.4 is 16.6 Å². The van der Waals surface area contributed by atoms with Gasteiger partial charge < -0.3 is 15.6 Å². The van der Waals surface area contributed by atoms with Gasteiger partial charge in [0, 0.05) is 43.5 Å². The molecule has 2 heterocycles. The second kappa shape index (κ2) is 7.53. The molecule has 0 radical (unpaired) electrons. The Bertz CT molecular complexity index is 989. The number of carbonyl (C=O) groups excluding carboxylic acids is 1. The molecule has 0 aliphatic carbocycles. The summed E-state index contributed by atoms with van der Waals surface area (Å²) < 4.78 is 3.31. The van der Waals surface area contributed by atoms with Gasteiger partial charge in [-0.1, -0.05) is 18.2 Å². The number of amides is 1. The van der Waals surface area contributed by atoms with Crippen LogP contribution >= 0.6 is 0 Å². The summed E-state index contributed by atoms with van der Waals surface area (Å²) in [5, 5.41) is 8.66. The maximum Gasteiger partial charge on any atom is 0.258 e. The number of nitrogens with two attached hydrogens (primary N) is 1. The molecule has 1 aromatic carbocycles. The summed E-state index contributed by atoms with van der Waals surface area (Å²) in [7, 11) is 1.79. The van der Waals surface area contributed by atoms with E-state index in [0.717, 1.165) is 16.6 Å². The summed E-state index contributed by atoms with van der Waals surface area (Å²) in [6.07, 6.45) is 4.19. The topological polar surface area (TPSA) is 94.9 Å². The van der Waals surface area contributed by atoms with Gasteiger partial charge >= 0.3 is 0 Å². The number of carbonyl (C=O) groups is 1. The fourth-order valence-corrected chi connectivity index (χ4v) is 3.04. The lowest BCUT2D eigenvalue weighted by molar-refractivity contribution is -0.122. The number of nitrogens with zero attached hydrogens (tertiary/aromatic N) is 3. The van der Waals surface area contributed by atoms with Crippen LogP contribution in [0, 0.1) is 6.92 Å². The number of rotatable bonds is 6. The Morgan fingerprint density at radius 2 is 2.08 bits per heavy atom. The maximum atomic E-state index is 12.4. The molecular formula is C19H23N5O2. The van der Waals surface area contributed by atoms with Crippen LogP contribution in [0.3, 0.4) is 0 Å². The molecule has 2 aromatic heterocycles. The normalized spacial score (nSPS) is 12.3. The average molecular weight is 353 g/mol. The van der Waals surface area contributed by atoms with E-state index in [9.17, 15) is 9.59 Å². The number of pyridine rings is 1. The Hall–Kier alpha value is -2.93. The van der Waals surface area contributed by atoms with Crippen LogP contribution in [0.4, 0.5) is 0 Å². The number of hydrogen-bond donors (Lipinski definition) is 2. The highest BCUT2D eigenvalue weighted by molar-refractivity contribution is 5.83. The Balaban J connectivity index is 1.56. The number of fused-ring (bicyclic) bond motifs is 1. The maximum absolute atomic E-state index is 12.4. The molecule has 1 unspecified atom stereocenters. The molecule has 0 aliphatic rings. The highest BCUT2D eigenvalue weighted by atomic mass is 16.2.